The number of rotatable bonds is 9. The van der Waals surface area contributed by atoms with Crippen LogP contribution in [0.1, 0.15) is 38.0 Å². The van der Waals surface area contributed by atoms with Gasteiger partial charge in [0.2, 0.25) is 6.29 Å². The smallest absolute Gasteiger partial charge is 0.309 e. The van der Waals surface area contributed by atoms with E-state index in [1.165, 1.54) is 0 Å². The molecule has 0 spiro atoms. The van der Waals surface area contributed by atoms with E-state index < -0.39 is 6.29 Å². The van der Waals surface area contributed by atoms with Gasteiger partial charge in [-0.25, -0.2) is 4.98 Å². The fourth-order valence-corrected chi connectivity index (χ4v) is 3.45. The molecule has 0 radical (unpaired) electrons. The van der Waals surface area contributed by atoms with Gasteiger partial charge in [0, 0.05) is 31.7 Å². The number of hydrogen-bond acceptors (Lipinski definition) is 7. The summed E-state index contributed by atoms with van der Waals surface area (Å²) in [6, 6.07) is 0. The molecule has 1 aromatic heterocycles. The molecule has 0 unspecified atom stereocenters. The van der Waals surface area contributed by atoms with E-state index in [4.69, 9.17) is 14.2 Å². The third kappa shape index (κ3) is 5.03. The first-order valence-electron chi connectivity index (χ1n) is 8.40. The highest BCUT2D eigenvalue weighted by Crippen LogP contribution is 2.29. The lowest BCUT2D eigenvalue weighted by atomic mass is 9.97. The van der Waals surface area contributed by atoms with Crippen molar-refractivity contribution in [1.29, 1.82) is 0 Å². The Morgan fingerprint density at radius 1 is 1.42 bits per heavy atom. The van der Waals surface area contributed by atoms with Crippen molar-refractivity contribution in [3.05, 3.63) is 23.0 Å². The largest absolute Gasteiger partial charge is 0.461 e. The lowest BCUT2D eigenvalue weighted by Gasteiger charge is -2.30. The van der Waals surface area contributed by atoms with Crippen molar-refractivity contribution in [1.82, 2.24) is 4.98 Å². The molecular formula is C17H26N2O4S. The second kappa shape index (κ2) is 9.76. The molecule has 0 atom stereocenters. The van der Waals surface area contributed by atoms with E-state index in [1.54, 1.807) is 17.4 Å². The molecule has 2 rings (SSSR count). The number of carbonyl (C=O) groups is 1. The summed E-state index contributed by atoms with van der Waals surface area (Å²) in [6.07, 6.45) is 2.76. The molecule has 1 aliphatic heterocycles. The Labute approximate surface area is 147 Å². The van der Waals surface area contributed by atoms with Crippen LogP contribution < -0.4 is 4.90 Å². The predicted octanol–water partition coefficient (Wildman–Crippen LogP) is 3.16. The standard InChI is InChI=1S/C17H26N2O4S/c1-4-11-23-16(20)13-7-9-19(10-8-13)14-12-24-15(18-14)17(21-5-2)22-6-3/h4,12-13,17H,1,5-11H2,2-3H3. The summed E-state index contributed by atoms with van der Waals surface area (Å²) < 4.78 is 16.3. The van der Waals surface area contributed by atoms with Crippen molar-refractivity contribution in [3.63, 3.8) is 0 Å². The predicted molar refractivity (Wildman–Crippen MR) is 94.2 cm³/mol. The van der Waals surface area contributed by atoms with Crippen LogP contribution in [0.4, 0.5) is 5.82 Å². The van der Waals surface area contributed by atoms with Gasteiger partial charge in [-0.3, -0.25) is 4.79 Å². The van der Waals surface area contributed by atoms with Gasteiger partial charge in [0.15, 0.2) is 5.01 Å². The quantitative estimate of drug-likeness (QED) is 0.386. The Morgan fingerprint density at radius 2 is 2.08 bits per heavy atom. The van der Waals surface area contributed by atoms with Crippen molar-refractivity contribution in [2.45, 2.75) is 33.0 Å². The molecule has 0 saturated carbocycles. The zero-order valence-electron chi connectivity index (χ0n) is 14.4. The summed E-state index contributed by atoms with van der Waals surface area (Å²) in [5.41, 5.74) is 0. The second-order valence-electron chi connectivity index (χ2n) is 5.47. The highest BCUT2D eigenvalue weighted by molar-refractivity contribution is 7.10. The number of aromatic nitrogens is 1. The van der Waals surface area contributed by atoms with E-state index in [0.717, 1.165) is 36.8 Å². The maximum absolute atomic E-state index is 11.9. The minimum atomic E-state index is -0.398. The maximum Gasteiger partial charge on any atom is 0.309 e. The summed E-state index contributed by atoms with van der Waals surface area (Å²) in [4.78, 5) is 18.8. The number of hydrogen-bond donors (Lipinski definition) is 0. The van der Waals surface area contributed by atoms with Crippen LogP contribution in [0.3, 0.4) is 0 Å². The molecule has 1 fully saturated rings. The average molecular weight is 354 g/mol. The van der Waals surface area contributed by atoms with Gasteiger partial charge < -0.3 is 19.1 Å². The van der Waals surface area contributed by atoms with Crippen molar-refractivity contribution in [2.75, 3.05) is 37.8 Å². The van der Waals surface area contributed by atoms with Crippen LogP contribution in [0.25, 0.3) is 0 Å². The first-order chi connectivity index (χ1) is 11.7. The molecule has 6 nitrogen and oxygen atoms in total. The third-order valence-corrected chi connectivity index (χ3v) is 4.70. The highest BCUT2D eigenvalue weighted by Gasteiger charge is 2.27. The van der Waals surface area contributed by atoms with Crippen LogP contribution >= 0.6 is 11.3 Å². The second-order valence-corrected chi connectivity index (χ2v) is 6.36. The Bertz CT molecular complexity index is 520. The van der Waals surface area contributed by atoms with E-state index >= 15 is 0 Å². The van der Waals surface area contributed by atoms with Crippen LogP contribution in [0.2, 0.25) is 0 Å². The fraction of sp³-hybridized carbons (Fsp3) is 0.647. The van der Waals surface area contributed by atoms with E-state index in [0.29, 0.717) is 13.2 Å². The molecule has 0 amide bonds. The molecule has 2 heterocycles. The van der Waals surface area contributed by atoms with Gasteiger partial charge in [-0.15, -0.1) is 11.3 Å². The normalized spacial score (nSPS) is 15.7. The van der Waals surface area contributed by atoms with Crippen LogP contribution in [0, 0.1) is 5.92 Å². The van der Waals surface area contributed by atoms with Gasteiger partial charge >= 0.3 is 5.97 Å². The Morgan fingerprint density at radius 3 is 2.67 bits per heavy atom. The molecule has 1 aliphatic rings. The molecule has 0 bridgehead atoms. The number of nitrogens with zero attached hydrogens (tertiary/aromatic N) is 2. The minimum Gasteiger partial charge on any atom is -0.461 e. The summed E-state index contributed by atoms with van der Waals surface area (Å²) in [5, 5.41) is 2.86. The van der Waals surface area contributed by atoms with E-state index in [9.17, 15) is 4.79 Å². The molecule has 1 saturated heterocycles. The maximum atomic E-state index is 11.9. The Balaban J connectivity index is 1.90. The Hall–Kier alpha value is -1.44. The molecule has 24 heavy (non-hydrogen) atoms. The molecule has 0 aliphatic carbocycles. The van der Waals surface area contributed by atoms with Crippen molar-refractivity contribution in [3.8, 4) is 0 Å². The van der Waals surface area contributed by atoms with Crippen LogP contribution in [-0.4, -0.2) is 43.9 Å². The SMILES string of the molecule is C=CCOC(=O)C1CCN(c2csc(C(OCC)OCC)n2)CC1. The highest BCUT2D eigenvalue weighted by atomic mass is 32.1. The molecule has 7 heteroatoms. The van der Waals surface area contributed by atoms with Crippen LogP contribution in [0.15, 0.2) is 18.0 Å². The average Bonchev–Trinajstić information content (AvgIpc) is 3.09. The first kappa shape index (κ1) is 18.9. The Kier molecular flexibility index (Phi) is 7.68. The van der Waals surface area contributed by atoms with Crippen LogP contribution in [0.5, 0.6) is 0 Å². The number of anilines is 1. The number of esters is 1. The molecule has 0 N–H and O–H groups in total. The van der Waals surface area contributed by atoms with E-state index in [2.05, 4.69) is 16.5 Å². The van der Waals surface area contributed by atoms with Crippen molar-refractivity contribution < 1.29 is 19.0 Å². The number of ether oxygens (including phenoxy) is 3. The van der Waals surface area contributed by atoms with Crippen molar-refractivity contribution >= 4 is 23.1 Å². The van der Waals surface area contributed by atoms with Crippen LogP contribution in [-0.2, 0) is 19.0 Å². The minimum absolute atomic E-state index is 0.0288. The van der Waals surface area contributed by atoms with Gasteiger partial charge in [-0.1, -0.05) is 12.7 Å². The molecule has 0 aromatic carbocycles. The summed E-state index contributed by atoms with van der Waals surface area (Å²) in [7, 11) is 0. The lowest BCUT2D eigenvalue weighted by molar-refractivity contribution is -0.147. The first-order valence-corrected chi connectivity index (χ1v) is 9.28. The number of piperidine rings is 1. The van der Waals surface area contributed by atoms with Gasteiger partial charge in [0.05, 0.1) is 5.92 Å². The number of carbonyl (C=O) groups excluding carboxylic acids is 1. The molecule has 1 aromatic rings. The summed E-state index contributed by atoms with van der Waals surface area (Å²) in [6.45, 7) is 10.5. The lowest BCUT2D eigenvalue weighted by Crippen LogP contribution is -2.37. The fourth-order valence-electron chi connectivity index (χ4n) is 2.63. The van der Waals surface area contributed by atoms with E-state index in [1.807, 2.05) is 19.2 Å². The van der Waals surface area contributed by atoms with Crippen molar-refractivity contribution in [2.24, 2.45) is 5.92 Å². The number of thiazole rings is 1. The monoisotopic (exact) mass is 354 g/mol. The molecule has 134 valence electrons. The topological polar surface area (TPSA) is 60.9 Å². The molecular weight excluding hydrogens is 328 g/mol. The van der Waals surface area contributed by atoms with Gasteiger partial charge in [0.25, 0.3) is 0 Å². The van der Waals surface area contributed by atoms with Gasteiger partial charge in [-0.05, 0) is 26.7 Å². The zero-order chi connectivity index (χ0) is 17.4. The third-order valence-electron chi connectivity index (χ3n) is 3.84. The van der Waals surface area contributed by atoms with Gasteiger partial charge in [-0.2, -0.15) is 0 Å². The van der Waals surface area contributed by atoms with Gasteiger partial charge in [0.1, 0.15) is 12.4 Å². The summed E-state index contributed by atoms with van der Waals surface area (Å²) in [5.74, 6) is 0.775. The zero-order valence-corrected chi connectivity index (χ0v) is 15.2. The summed E-state index contributed by atoms with van der Waals surface area (Å²) >= 11 is 1.54. The van der Waals surface area contributed by atoms with E-state index in [-0.39, 0.29) is 18.5 Å².